The van der Waals surface area contributed by atoms with Crippen molar-refractivity contribution in [3.8, 4) is 5.75 Å². The van der Waals surface area contributed by atoms with E-state index in [0.29, 0.717) is 37.4 Å². The Morgan fingerprint density at radius 1 is 1.18 bits per heavy atom. The van der Waals surface area contributed by atoms with Gasteiger partial charge in [0.2, 0.25) is 5.91 Å². The van der Waals surface area contributed by atoms with Crippen LogP contribution in [0.15, 0.2) is 48.5 Å². The third-order valence-corrected chi connectivity index (χ3v) is 6.31. The number of hydrogen-bond acceptors (Lipinski definition) is 6. The third-order valence-electron chi connectivity index (χ3n) is 6.00. The molecule has 0 saturated carbocycles. The zero-order valence-corrected chi connectivity index (χ0v) is 20.7. The summed E-state index contributed by atoms with van der Waals surface area (Å²) in [7, 11) is 0. The van der Waals surface area contributed by atoms with E-state index in [2.05, 4.69) is 30.2 Å². The summed E-state index contributed by atoms with van der Waals surface area (Å²) in [6.45, 7) is 3.84. The number of hydrazine groups is 1. The number of nitrogens with zero attached hydrogens (tertiary/aromatic N) is 1. The topological polar surface area (TPSA) is 96.7 Å². The van der Waals surface area contributed by atoms with Gasteiger partial charge in [0.1, 0.15) is 11.8 Å². The molecule has 0 spiro atoms. The molecule has 7 nitrogen and oxygen atoms in total. The SMILES string of the molecule is CCCCNC(=O)[C@H](Cc1ccccc1)NC(=O)c1cccc2c1OCC[C@@H]2N(N)CCCS. The number of rotatable bonds is 12. The molecule has 0 unspecified atom stereocenters. The Kier molecular flexibility index (Phi) is 10.2. The summed E-state index contributed by atoms with van der Waals surface area (Å²) in [4.78, 5) is 26.3. The molecule has 0 saturated heterocycles. The van der Waals surface area contributed by atoms with E-state index >= 15 is 0 Å². The molecule has 8 heteroatoms. The van der Waals surface area contributed by atoms with E-state index in [1.807, 2.05) is 42.5 Å². The number of amides is 2. The van der Waals surface area contributed by atoms with Crippen LogP contribution in [0.2, 0.25) is 0 Å². The first-order valence-corrected chi connectivity index (χ1v) is 12.7. The van der Waals surface area contributed by atoms with Gasteiger partial charge in [-0.3, -0.25) is 15.4 Å². The van der Waals surface area contributed by atoms with Crippen LogP contribution >= 0.6 is 12.6 Å². The molecule has 2 aromatic carbocycles. The highest BCUT2D eigenvalue weighted by Gasteiger charge is 2.30. The number of fused-ring (bicyclic) bond motifs is 1. The largest absolute Gasteiger partial charge is 0.492 e. The van der Waals surface area contributed by atoms with Crippen molar-refractivity contribution in [3.63, 3.8) is 0 Å². The van der Waals surface area contributed by atoms with Crippen molar-refractivity contribution < 1.29 is 14.3 Å². The van der Waals surface area contributed by atoms with E-state index in [-0.39, 0.29) is 17.9 Å². The molecule has 2 aromatic rings. The molecule has 2 atom stereocenters. The van der Waals surface area contributed by atoms with Crippen LogP contribution in [0, 0.1) is 0 Å². The second-order valence-electron chi connectivity index (χ2n) is 8.55. The van der Waals surface area contributed by atoms with E-state index in [4.69, 9.17) is 10.6 Å². The molecule has 184 valence electrons. The predicted octanol–water partition coefficient (Wildman–Crippen LogP) is 3.26. The van der Waals surface area contributed by atoms with Crippen molar-refractivity contribution in [3.05, 3.63) is 65.2 Å². The fraction of sp³-hybridized carbons (Fsp3) is 0.462. The van der Waals surface area contributed by atoms with Gasteiger partial charge in [-0.1, -0.05) is 55.8 Å². The summed E-state index contributed by atoms with van der Waals surface area (Å²) in [6.07, 6.45) is 3.90. The summed E-state index contributed by atoms with van der Waals surface area (Å²) in [6, 6.07) is 14.5. The Hall–Kier alpha value is -2.55. The van der Waals surface area contributed by atoms with Crippen LogP contribution in [0.3, 0.4) is 0 Å². The van der Waals surface area contributed by atoms with Gasteiger partial charge in [0.25, 0.3) is 5.91 Å². The van der Waals surface area contributed by atoms with Gasteiger partial charge in [0, 0.05) is 31.5 Å². The van der Waals surface area contributed by atoms with Gasteiger partial charge < -0.3 is 15.4 Å². The average Bonchev–Trinajstić information content (AvgIpc) is 2.86. The minimum absolute atomic E-state index is 0.0335. The minimum Gasteiger partial charge on any atom is -0.492 e. The van der Waals surface area contributed by atoms with Gasteiger partial charge in [-0.2, -0.15) is 12.6 Å². The average molecular weight is 485 g/mol. The van der Waals surface area contributed by atoms with Gasteiger partial charge in [-0.05, 0) is 30.2 Å². The van der Waals surface area contributed by atoms with Crippen LogP contribution < -0.4 is 21.2 Å². The van der Waals surface area contributed by atoms with Gasteiger partial charge in [-0.15, -0.1) is 0 Å². The molecule has 1 heterocycles. The molecule has 0 aliphatic carbocycles. The quantitative estimate of drug-likeness (QED) is 0.161. The maximum absolute atomic E-state index is 13.4. The number of ether oxygens (including phenoxy) is 1. The van der Waals surface area contributed by atoms with Gasteiger partial charge >= 0.3 is 0 Å². The molecule has 34 heavy (non-hydrogen) atoms. The highest BCUT2D eigenvalue weighted by Crippen LogP contribution is 2.37. The number of thiol groups is 1. The Labute approximate surface area is 207 Å². The molecule has 0 bridgehead atoms. The monoisotopic (exact) mass is 484 g/mol. The lowest BCUT2D eigenvalue weighted by atomic mass is 9.96. The first-order valence-electron chi connectivity index (χ1n) is 12.1. The van der Waals surface area contributed by atoms with Crippen molar-refractivity contribution in [1.82, 2.24) is 15.6 Å². The lowest BCUT2D eigenvalue weighted by Gasteiger charge is -2.33. The van der Waals surface area contributed by atoms with Gasteiger partial charge in [-0.25, -0.2) is 5.01 Å². The number of carbonyl (C=O) groups excluding carboxylic acids is 2. The number of hydrogen-bond donors (Lipinski definition) is 4. The standard InChI is InChI=1S/C26H36N4O3S/c1-2-3-14-28-26(32)22(18-19-9-5-4-6-10-19)29-25(31)21-12-7-11-20-23(13-16-33-24(20)21)30(27)15-8-17-34/h4-7,9-12,22-23,34H,2-3,8,13-18,27H2,1H3,(H,28,32)(H,29,31)/t22-,23-/m0/s1. The number of para-hydroxylation sites is 1. The summed E-state index contributed by atoms with van der Waals surface area (Å²) < 4.78 is 5.94. The van der Waals surface area contributed by atoms with Gasteiger partial charge in [0.05, 0.1) is 18.2 Å². The van der Waals surface area contributed by atoms with E-state index in [9.17, 15) is 9.59 Å². The molecular formula is C26H36N4O3S. The van der Waals surface area contributed by atoms with Crippen LogP contribution in [0.4, 0.5) is 0 Å². The second-order valence-corrected chi connectivity index (χ2v) is 9.00. The lowest BCUT2D eigenvalue weighted by Crippen LogP contribution is -2.48. The van der Waals surface area contributed by atoms with Gasteiger partial charge in [0.15, 0.2) is 0 Å². The Bertz CT molecular complexity index is 941. The number of nitrogens with two attached hydrogens (primary N) is 1. The van der Waals surface area contributed by atoms with Crippen molar-refractivity contribution in [2.24, 2.45) is 5.84 Å². The summed E-state index contributed by atoms with van der Waals surface area (Å²) in [5, 5.41) is 7.71. The van der Waals surface area contributed by atoms with E-state index in [1.54, 1.807) is 11.1 Å². The second kappa shape index (κ2) is 13.4. The Balaban J connectivity index is 1.80. The summed E-state index contributed by atoms with van der Waals surface area (Å²) in [5.41, 5.74) is 2.30. The first kappa shape index (κ1) is 26.1. The summed E-state index contributed by atoms with van der Waals surface area (Å²) in [5.74, 6) is 7.12. The zero-order chi connectivity index (χ0) is 24.3. The van der Waals surface area contributed by atoms with Crippen LogP contribution in [0.1, 0.15) is 60.1 Å². The van der Waals surface area contributed by atoms with E-state index in [1.165, 1.54) is 0 Å². The number of carbonyl (C=O) groups is 2. The molecule has 0 aromatic heterocycles. The maximum atomic E-state index is 13.4. The highest BCUT2D eigenvalue weighted by atomic mass is 32.1. The number of benzene rings is 2. The van der Waals surface area contributed by atoms with Crippen molar-refractivity contribution in [1.29, 1.82) is 0 Å². The molecule has 2 amide bonds. The van der Waals surface area contributed by atoms with Crippen LogP contribution in [-0.4, -0.2) is 48.3 Å². The fourth-order valence-electron chi connectivity index (χ4n) is 4.15. The van der Waals surface area contributed by atoms with E-state index in [0.717, 1.165) is 42.6 Å². The molecule has 1 aliphatic rings. The maximum Gasteiger partial charge on any atom is 0.255 e. The summed E-state index contributed by atoms with van der Waals surface area (Å²) >= 11 is 4.28. The van der Waals surface area contributed by atoms with Crippen LogP contribution in [-0.2, 0) is 11.2 Å². The molecule has 3 rings (SSSR count). The molecule has 0 fully saturated rings. The Morgan fingerprint density at radius 3 is 2.71 bits per heavy atom. The first-order chi connectivity index (χ1) is 16.5. The lowest BCUT2D eigenvalue weighted by molar-refractivity contribution is -0.122. The van der Waals surface area contributed by atoms with E-state index < -0.39 is 6.04 Å². The van der Waals surface area contributed by atoms with Crippen molar-refractivity contribution >= 4 is 24.4 Å². The zero-order valence-electron chi connectivity index (χ0n) is 19.8. The molecular weight excluding hydrogens is 448 g/mol. The predicted molar refractivity (Wildman–Crippen MR) is 138 cm³/mol. The Morgan fingerprint density at radius 2 is 1.97 bits per heavy atom. The van der Waals surface area contributed by atoms with Crippen molar-refractivity contribution in [2.75, 3.05) is 25.4 Å². The number of unbranched alkanes of at least 4 members (excludes halogenated alkanes) is 1. The molecule has 4 N–H and O–H groups in total. The van der Waals surface area contributed by atoms with Crippen LogP contribution in [0.5, 0.6) is 5.75 Å². The van der Waals surface area contributed by atoms with Crippen LogP contribution in [0.25, 0.3) is 0 Å². The minimum atomic E-state index is -0.691. The van der Waals surface area contributed by atoms with Crippen molar-refractivity contribution in [2.45, 2.75) is 51.1 Å². The third kappa shape index (κ3) is 6.98. The fourth-order valence-corrected chi connectivity index (χ4v) is 4.29. The molecule has 1 aliphatic heterocycles. The smallest absolute Gasteiger partial charge is 0.255 e. The normalized spacial score (nSPS) is 15.8. The molecule has 0 radical (unpaired) electrons. The highest BCUT2D eigenvalue weighted by molar-refractivity contribution is 7.80. The number of nitrogens with one attached hydrogen (secondary N) is 2.